The van der Waals surface area contributed by atoms with Gasteiger partial charge >= 0.3 is 0 Å². The Bertz CT molecular complexity index is 2730. The van der Waals surface area contributed by atoms with Crippen molar-refractivity contribution < 1.29 is 4.42 Å². The Hall–Kier alpha value is -5.80. The lowest BCUT2D eigenvalue weighted by Gasteiger charge is -2.57. The minimum Gasteiger partial charge on any atom is -0.455 e. The SMILES string of the molecule is CC(C)(C)c1ccc(-c2ccc(-c3cc(-c4cc(-c5ccc(C67CC8CC(CC(C8)C6)C7)cc5)c5oc6ccccc6c5c4)nc(-c4ccccc4)n3)cc2)cc1. The molecule has 4 fully saturated rings. The summed E-state index contributed by atoms with van der Waals surface area (Å²) >= 11 is 0. The van der Waals surface area contributed by atoms with E-state index in [0.29, 0.717) is 11.2 Å². The lowest BCUT2D eigenvalue weighted by molar-refractivity contribution is -0.00518. The van der Waals surface area contributed by atoms with Crippen LogP contribution in [0.5, 0.6) is 0 Å². The van der Waals surface area contributed by atoms with Gasteiger partial charge in [0.05, 0.1) is 11.4 Å². The van der Waals surface area contributed by atoms with Crippen LogP contribution in [-0.2, 0) is 10.8 Å². The lowest BCUT2D eigenvalue weighted by Crippen LogP contribution is -2.48. The van der Waals surface area contributed by atoms with Crippen molar-refractivity contribution in [2.45, 2.75) is 70.1 Å². The molecule has 4 saturated carbocycles. The molecule has 0 spiro atoms. The van der Waals surface area contributed by atoms with Crippen LogP contribution < -0.4 is 0 Å². The third kappa shape index (κ3) is 6.11. The summed E-state index contributed by atoms with van der Waals surface area (Å²) in [6.45, 7) is 6.77. The van der Waals surface area contributed by atoms with Crippen molar-refractivity contribution in [3.05, 3.63) is 157 Å². The summed E-state index contributed by atoms with van der Waals surface area (Å²) in [6.07, 6.45) is 8.49. The van der Waals surface area contributed by atoms with Gasteiger partial charge in [0.1, 0.15) is 11.2 Å². The van der Waals surface area contributed by atoms with Crippen molar-refractivity contribution in [2.75, 3.05) is 0 Å². The number of hydrogen-bond acceptors (Lipinski definition) is 3. The second-order valence-electron chi connectivity index (χ2n) is 18.5. The number of benzene rings is 6. The molecule has 0 amide bonds. The minimum atomic E-state index is 0.123. The summed E-state index contributed by atoms with van der Waals surface area (Å²) in [6, 6.07) is 52.8. The van der Waals surface area contributed by atoms with E-state index in [0.717, 1.165) is 73.3 Å². The van der Waals surface area contributed by atoms with Gasteiger partial charge in [0.2, 0.25) is 0 Å². The highest BCUT2D eigenvalue weighted by Crippen LogP contribution is 2.61. The molecule has 12 rings (SSSR count). The molecule has 6 aromatic carbocycles. The van der Waals surface area contributed by atoms with E-state index in [9.17, 15) is 0 Å². The maximum absolute atomic E-state index is 6.68. The number of aromatic nitrogens is 2. The zero-order chi connectivity index (χ0) is 38.3. The molecule has 0 radical (unpaired) electrons. The van der Waals surface area contributed by atoms with Gasteiger partial charge < -0.3 is 4.42 Å². The molecule has 8 aromatic rings. The second kappa shape index (κ2) is 13.1. The van der Waals surface area contributed by atoms with Crippen molar-refractivity contribution in [3.63, 3.8) is 0 Å². The van der Waals surface area contributed by atoms with Gasteiger partial charge in [-0.1, -0.05) is 142 Å². The van der Waals surface area contributed by atoms with Crippen molar-refractivity contribution in [2.24, 2.45) is 17.8 Å². The summed E-state index contributed by atoms with van der Waals surface area (Å²) < 4.78 is 6.68. The number of nitrogens with zero attached hydrogens (tertiary/aromatic N) is 2. The average molecular weight is 741 g/mol. The van der Waals surface area contributed by atoms with Crippen LogP contribution in [0, 0.1) is 17.8 Å². The number of hydrogen-bond donors (Lipinski definition) is 0. The first-order valence-electron chi connectivity index (χ1n) is 21.0. The van der Waals surface area contributed by atoms with Crippen molar-refractivity contribution in [3.8, 4) is 56.2 Å². The van der Waals surface area contributed by atoms with Gasteiger partial charge in [-0.15, -0.1) is 0 Å². The number of furan rings is 1. The maximum Gasteiger partial charge on any atom is 0.160 e. The van der Waals surface area contributed by atoms with Gasteiger partial charge in [-0.3, -0.25) is 0 Å². The fourth-order valence-electron chi connectivity index (χ4n) is 11.1. The Balaban J connectivity index is 1.02. The van der Waals surface area contributed by atoms with Crippen molar-refractivity contribution in [1.29, 1.82) is 0 Å². The molecule has 0 atom stereocenters. The maximum atomic E-state index is 6.68. The molecule has 3 heteroatoms. The average Bonchev–Trinajstić information content (AvgIpc) is 3.62. The van der Waals surface area contributed by atoms with E-state index in [1.807, 2.05) is 6.07 Å². The first-order chi connectivity index (χ1) is 27.7. The van der Waals surface area contributed by atoms with Gasteiger partial charge in [-0.2, -0.15) is 0 Å². The summed E-state index contributed by atoms with van der Waals surface area (Å²) in [5.74, 6) is 3.48. The van der Waals surface area contributed by atoms with E-state index < -0.39 is 0 Å². The van der Waals surface area contributed by atoms with Crippen LogP contribution in [0.15, 0.2) is 150 Å². The van der Waals surface area contributed by atoms with Gasteiger partial charge in [-0.05, 0) is 119 Å². The molecule has 0 N–H and O–H groups in total. The van der Waals surface area contributed by atoms with E-state index in [1.165, 1.54) is 60.8 Å². The standard InChI is InChI=1S/C54H48N2O/c1-53(2,3)43-21-17-38(18-22-43)37-13-15-40(16-14-37)48-30-49(56-52(55-48)41-9-5-4-6-10-41)42-28-46(51-47(29-42)45-11-7-8-12-50(45)57-51)39-19-23-44(24-20-39)54-31-34-25-35(32-54)27-36(26-34)33-54/h4-24,28-30,34-36H,25-27,31-33H2,1-3H3. The zero-order valence-electron chi connectivity index (χ0n) is 33.1. The smallest absolute Gasteiger partial charge is 0.160 e. The molecule has 280 valence electrons. The van der Waals surface area contributed by atoms with Crippen LogP contribution in [0.2, 0.25) is 0 Å². The monoisotopic (exact) mass is 740 g/mol. The number of rotatable bonds is 6. The molecule has 4 aliphatic carbocycles. The fourth-order valence-corrected chi connectivity index (χ4v) is 11.1. The normalized spacial score (nSPS) is 21.4. The van der Waals surface area contributed by atoms with Crippen LogP contribution in [0.4, 0.5) is 0 Å². The summed E-state index contributed by atoms with van der Waals surface area (Å²) in [5, 5.41) is 2.22. The molecule has 2 heterocycles. The first kappa shape index (κ1) is 34.4. The first-order valence-corrected chi connectivity index (χ1v) is 21.0. The highest BCUT2D eigenvalue weighted by atomic mass is 16.3. The molecular formula is C54H48N2O. The Labute approximate surface area is 335 Å². The topological polar surface area (TPSA) is 38.9 Å². The van der Waals surface area contributed by atoms with Crippen LogP contribution >= 0.6 is 0 Å². The lowest BCUT2D eigenvalue weighted by atomic mass is 9.48. The molecular weight excluding hydrogens is 693 g/mol. The molecule has 2 aromatic heterocycles. The van der Waals surface area contributed by atoms with Crippen LogP contribution in [0.1, 0.15) is 70.4 Å². The van der Waals surface area contributed by atoms with Gasteiger partial charge in [0.15, 0.2) is 5.82 Å². The van der Waals surface area contributed by atoms with E-state index in [2.05, 4.69) is 160 Å². The van der Waals surface area contributed by atoms with Gasteiger partial charge in [0.25, 0.3) is 0 Å². The quantitative estimate of drug-likeness (QED) is 0.170. The van der Waals surface area contributed by atoms with E-state index >= 15 is 0 Å². The largest absolute Gasteiger partial charge is 0.455 e. The molecule has 4 aliphatic rings. The summed E-state index contributed by atoms with van der Waals surface area (Å²) in [5.41, 5.74) is 14.7. The highest BCUT2D eigenvalue weighted by molar-refractivity contribution is 6.11. The Morgan fingerprint density at radius 1 is 0.509 bits per heavy atom. The van der Waals surface area contributed by atoms with E-state index in [4.69, 9.17) is 14.4 Å². The molecule has 0 saturated heterocycles. The van der Waals surface area contributed by atoms with Gasteiger partial charge in [-0.25, -0.2) is 9.97 Å². The fraction of sp³-hybridized carbons (Fsp3) is 0.259. The third-order valence-corrected chi connectivity index (χ3v) is 13.6. The molecule has 0 unspecified atom stereocenters. The van der Waals surface area contributed by atoms with Crippen LogP contribution in [0.25, 0.3) is 78.1 Å². The third-order valence-electron chi connectivity index (χ3n) is 13.6. The van der Waals surface area contributed by atoms with Crippen LogP contribution in [0.3, 0.4) is 0 Å². The number of para-hydroxylation sites is 1. The Morgan fingerprint density at radius 3 is 1.72 bits per heavy atom. The molecule has 3 nitrogen and oxygen atoms in total. The summed E-state index contributed by atoms with van der Waals surface area (Å²) in [7, 11) is 0. The van der Waals surface area contributed by atoms with Crippen molar-refractivity contribution in [1.82, 2.24) is 9.97 Å². The predicted molar refractivity (Wildman–Crippen MR) is 235 cm³/mol. The molecule has 57 heavy (non-hydrogen) atoms. The number of fused-ring (bicyclic) bond motifs is 3. The molecule has 4 bridgehead atoms. The summed E-state index contributed by atoms with van der Waals surface area (Å²) in [4.78, 5) is 10.5. The van der Waals surface area contributed by atoms with Crippen LogP contribution in [-0.4, -0.2) is 9.97 Å². The van der Waals surface area contributed by atoms with Crippen molar-refractivity contribution >= 4 is 21.9 Å². The zero-order valence-corrected chi connectivity index (χ0v) is 33.1. The minimum absolute atomic E-state index is 0.123. The van der Waals surface area contributed by atoms with E-state index in [1.54, 1.807) is 5.56 Å². The predicted octanol–water partition coefficient (Wildman–Crippen LogP) is 14.5. The van der Waals surface area contributed by atoms with E-state index in [-0.39, 0.29) is 5.41 Å². The Kier molecular flexibility index (Phi) is 7.94. The van der Waals surface area contributed by atoms with Gasteiger partial charge in [0, 0.05) is 33.0 Å². The Morgan fingerprint density at radius 2 is 1.07 bits per heavy atom. The molecule has 0 aliphatic heterocycles. The second-order valence-corrected chi connectivity index (χ2v) is 18.5. The highest BCUT2D eigenvalue weighted by Gasteiger charge is 2.51.